The van der Waals surface area contributed by atoms with Gasteiger partial charge < -0.3 is 25.4 Å². The van der Waals surface area contributed by atoms with E-state index in [1.165, 1.54) is 4.90 Å². The number of unbranched alkanes of at least 4 members (excludes halogenated alkanes) is 3. The molecule has 3 amide bonds. The summed E-state index contributed by atoms with van der Waals surface area (Å²) in [6.07, 6.45) is 2.86. The summed E-state index contributed by atoms with van der Waals surface area (Å²) in [5.74, 6) is -1.17. The van der Waals surface area contributed by atoms with E-state index in [-0.39, 0.29) is 49.1 Å². The van der Waals surface area contributed by atoms with Crippen molar-refractivity contribution in [2.75, 3.05) is 13.2 Å². The molecule has 0 bridgehead atoms. The molecule has 242 valence electrons. The maximum Gasteiger partial charge on any atom is 0.305 e. The van der Waals surface area contributed by atoms with Crippen molar-refractivity contribution in [2.45, 2.75) is 111 Å². The van der Waals surface area contributed by atoms with Crippen LogP contribution in [-0.2, 0) is 23.9 Å². The van der Waals surface area contributed by atoms with E-state index in [0.29, 0.717) is 25.9 Å². The van der Waals surface area contributed by atoms with Crippen LogP contribution in [0.2, 0.25) is 0 Å². The lowest BCUT2D eigenvalue weighted by atomic mass is 9.85. The maximum absolute atomic E-state index is 13.8. The van der Waals surface area contributed by atoms with Gasteiger partial charge in [-0.05, 0) is 50.2 Å². The van der Waals surface area contributed by atoms with E-state index in [9.17, 15) is 24.3 Å². The number of thiazole rings is 1. The van der Waals surface area contributed by atoms with Gasteiger partial charge in [-0.25, -0.2) is 4.98 Å². The molecule has 1 aliphatic heterocycles. The first kappa shape index (κ1) is 35.2. The van der Waals surface area contributed by atoms with Crippen LogP contribution in [0.4, 0.5) is 0 Å². The van der Waals surface area contributed by atoms with Gasteiger partial charge in [0, 0.05) is 25.8 Å². The number of aryl methyl sites for hydroxylation is 1. The summed E-state index contributed by atoms with van der Waals surface area (Å²) in [5, 5.41) is 16.4. The number of β-amino-alcohol motifs (C(OH)–C–C–N with tert-alkyl or cyclic N) is 1. The van der Waals surface area contributed by atoms with Gasteiger partial charge >= 0.3 is 5.97 Å². The Morgan fingerprint density at radius 2 is 1.73 bits per heavy atom. The number of hydrogen-bond donors (Lipinski definition) is 3. The predicted molar refractivity (Wildman–Crippen MR) is 171 cm³/mol. The van der Waals surface area contributed by atoms with E-state index in [1.807, 2.05) is 64.4 Å². The predicted octanol–water partition coefficient (Wildman–Crippen LogP) is 4.69. The topological polar surface area (TPSA) is 138 Å². The first-order valence-electron chi connectivity index (χ1n) is 15.6. The largest absolute Gasteiger partial charge is 0.466 e. The average Bonchev–Trinajstić information content (AvgIpc) is 3.58. The van der Waals surface area contributed by atoms with Crippen molar-refractivity contribution in [3.05, 3.63) is 41.0 Å². The highest BCUT2D eigenvalue weighted by Crippen LogP contribution is 2.29. The maximum atomic E-state index is 13.8. The highest BCUT2D eigenvalue weighted by atomic mass is 32.1. The summed E-state index contributed by atoms with van der Waals surface area (Å²) in [6, 6.07) is 5.93. The van der Waals surface area contributed by atoms with E-state index < -0.39 is 23.6 Å². The molecule has 4 atom stereocenters. The molecule has 2 heterocycles. The van der Waals surface area contributed by atoms with Gasteiger partial charge in [0.25, 0.3) is 0 Å². The number of hydrogen-bond acceptors (Lipinski definition) is 8. The molecule has 1 aromatic carbocycles. The van der Waals surface area contributed by atoms with Gasteiger partial charge in [0.2, 0.25) is 17.7 Å². The molecule has 3 rings (SSSR count). The van der Waals surface area contributed by atoms with Gasteiger partial charge in [0.1, 0.15) is 12.1 Å². The molecule has 0 aliphatic carbocycles. The first-order chi connectivity index (χ1) is 20.8. The third-order valence-electron chi connectivity index (χ3n) is 7.90. The fourth-order valence-corrected chi connectivity index (χ4v) is 6.20. The van der Waals surface area contributed by atoms with Crippen molar-refractivity contribution < 1.29 is 29.0 Å². The van der Waals surface area contributed by atoms with Crippen molar-refractivity contribution in [3.63, 3.8) is 0 Å². The zero-order valence-electron chi connectivity index (χ0n) is 26.9. The van der Waals surface area contributed by atoms with Gasteiger partial charge in [0.05, 0.1) is 34.8 Å². The summed E-state index contributed by atoms with van der Waals surface area (Å²) >= 11 is 1.58. The standard InChI is InChI=1S/C33H48N4O6S/c1-7-43-28(40)13-11-9-8-10-12-27(39)36-30(33(4,5)6)32(42)37-19-25(38)18-26(37)31(41)35-21(2)23-14-16-24(17-15-23)29-22(3)34-20-44-29/h14-17,20-21,25-26,30,38H,7-13,18-19H2,1-6H3,(H,35,41)(H,36,39). The molecule has 0 radical (unpaired) electrons. The minimum Gasteiger partial charge on any atom is -0.466 e. The van der Waals surface area contributed by atoms with E-state index in [2.05, 4.69) is 15.6 Å². The average molecular weight is 629 g/mol. The minimum atomic E-state index is -0.861. The molecule has 44 heavy (non-hydrogen) atoms. The van der Waals surface area contributed by atoms with Gasteiger partial charge in [-0.1, -0.05) is 57.9 Å². The molecule has 0 spiro atoms. The number of likely N-dealkylation sites (tertiary alicyclic amines) is 1. The zero-order chi connectivity index (χ0) is 32.4. The van der Waals surface area contributed by atoms with Crippen molar-refractivity contribution in [2.24, 2.45) is 5.41 Å². The lowest BCUT2D eigenvalue weighted by Gasteiger charge is -2.35. The van der Waals surface area contributed by atoms with Crippen LogP contribution in [0, 0.1) is 12.3 Å². The second kappa shape index (κ2) is 16.1. The van der Waals surface area contributed by atoms with Crippen LogP contribution in [0.25, 0.3) is 10.4 Å². The van der Waals surface area contributed by atoms with Crippen molar-refractivity contribution in [1.29, 1.82) is 0 Å². The summed E-state index contributed by atoms with van der Waals surface area (Å²) in [4.78, 5) is 58.4. The van der Waals surface area contributed by atoms with Crippen LogP contribution in [0.15, 0.2) is 29.8 Å². The van der Waals surface area contributed by atoms with Crippen molar-refractivity contribution in [3.8, 4) is 10.4 Å². The van der Waals surface area contributed by atoms with Crippen LogP contribution in [-0.4, -0.2) is 70.0 Å². The van der Waals surface area contributed by atoms with E-state index in [1.54, 1.807) is 18.3 Å². The zero-order valence-corrected chi connectivity index (χ0v) is 27.7. The third-order valence-corrected chi connectivity index (χ3v) is 8.88. The molecule has 1 fully saturated rings. The number of ether oxygens (including phenoxy) is 1. The Morgan fingerprint density at radius 3 is 2.32 bits per heavy atom. The first-order valence-corrected chi connectivity index (χ1v) is 16.4. The number of carbonyl (C=O) groups excluding carboxylic acids is 4. The van der Waals surface area contributed by atoms with Gasteiger partial charge in [-0.15, -0.1) is 11.3 Å². The van der Waals surface area contributed by atoms with Crippen LogP contribution >= 0.6 is 11.3 Å². The molecule has 10 nitrogen and oxygen atoms in total. The van der Waals surface area contributed by atoms with Crippen LogP contribution in [0.1, 0.15) is 96.9 Å². The highest BCUT2D eigenvalue weighted by Gasteiger charge is 2.44. The molecular weight excluding hydrogens is 580 g/mol. The fraction of sp³-hybridized carbons (Fsp3) is 0.606. The Morgan fingerprint density at radius 1 is 1.07 bits per heavy atom. The molecule has 0 saturated carbocycles. The second-order valence-electron chi connectivity index (χ2n) is 12.6. The smallest absolute Gasteiger partial charge is 0.305 e. The Hall–Kier alpha value is -3.31. The molecule has 11 heteroatoms. The van der Waals surface area contributed by atoms with Crippen LogP contribution < -0.4 is 10.6 Å². The lowest BCUT2D eigenvalue weighted by molar-refractivity contribution is -0.144. The number of aliphatic hydroxyl groups is 1. The summed E-state index contributed by atoms with van der Waals surface area (Å²) < 4.78 is 4.93. The Balaban J connectivity index is 1.58. The molecule has 4 unspecified atom stereocenters. The number of esters is 1. The van der Waals surface area contributed by atoms with E-state index in [0.717, 1.165) is 34.5 Å². The fourth-order valence-electron chi connectivity index (χ4n) is 5.39. The van der Waals surface area contributed by atoms with Gasteiger partial charge in [0.15, 0.2) is 0 Å². The highest BCUT2D eigenvalue weighted by molar-refractivity contribution is 7.13. The number of aromatic nitrogens is 1. The molecular formula is C33H48N4O6S. The second-order valence-corrected chi connectivity index (χ2v) is 13.5. The number of amides is 3. The number of benzene rings is 1. The van der Waals surface area contributed by atoms with E-state index in [4.69, 9.17) is 4.74 Å². The molecule has 1 aromatic heterocycles. The Bertz CT molecular complexity index is 1270. The molecule has 3 N–H and O–H groups in total. The third kappa shape index (κ3) is 9.85. The van der Waals surface area contributed by atoms with Crippen molar-refractivity contribution >= 4 is 35.0 Å². The molecule has 2 aromatic rings. The summed E-state index contributed by atoms with van der Waals surface area (Å²) in [7, 11) is 0. The quantitative estimate of drug-likeness (QED) is 0.204. The molecule has 1 aliphatic rings. The normalized spacial score (nSPS) is 18.0. The minimum absolute atomic E-state index is 0.0249. The van der Waals surface area contributed by atoms with Gasteiger partial charge in [-0.2, -0.15) is 0 Å². The number of nitrogens with zero attached hydrogens (tertiary/aromatic N) is 2. The number of carbonyl (C=O) groups is 4. The van der Waals surface area contributed by atoms with E-state index >= 15 is 0 Å². The molecule has 1 saturated heterocycles. The van der Waals surface area contributed by atoms with Gasteiger partial charge in [-0.3, -0.25) is 19.2 Å². The monoisotopic (exact) mass is 628 g/mol. The number of rotatable bonds is 14. The SMILES string of the molecule is CCOC(=O)CCCCCCC(=O)NC(C(=O)N1CC(O)CC1C(=O)NC(C)c1ccc(-c2scnc2C)cc1)C(C)(C)C. The van der Waals surface area contributed by atoms with Crippen molar-refractivity contribution in [1.82, 2.24) is 20.5 Å². The van der Waals surface area contributed by atoms with Crippen LogP contribution in [0.5, 0.6) is 0 Å². The Labute approximate surface area is 265 Å². The summed E-state index contributed by atoms with van der Waals surface area (Å²) in [5.41, 5.74) is 4.15. The lowest BCUT2D eigenvalue weighted by Crippen LogP contribution is -2.57. The summed E-state index contributed by atoms with van der Waals surface area (Å²) in [6.45, 7) is 11.6. The van der Waals surface area contributed by atoms with Crippen LogP contribution in [0.3, 0.4) is 0 Å². The Kier molecular flexibility index (Phi) is 12.9. The number of aliphatic hydroxyl groups excluding tert-OH is 1. The number of nitrogens with one attached hydrogen (secondary N) is 2.